The number of hydrogen-bond donors (Lipinski definition) is 0. The Morgan fingerprint density at radius 2 is 2.46 bits per heavy atom. The van der Waals surface area contributed by atoms with E-state index in [2.05, 4.69) is 14.9 Å². The Bertz CT molecular complexity index is 449. The molecule has 2 rings (SSSR count). The van der Waals surface area contributed by atoms with E-state index in [0.29, 0.717) is 11.0 Å². The number of carbonyl (C=O) groups is 1. The van der Waals surface area contributed by atoms with E-state index in [1.54, 1.807) is 18.3 Å². The normalized spacial score (nSPS) is 10.2. The van der Waals surface area contributed by atoms with Crippen molar-refractivity contribution in [3.63, 3.8) is 0 Å². The molecule has 66 valence electrons. The Labute approximate surface area is 73.3 Å². The summed E-state index contributed by atoms with van der Waals surface area (Å²) in [5.74, 6) is -0.528. The third-order valence-corrected chi connectivity index (χ3v) is 1.61. The molecule has 2 heterocycles. The van der Waals surface area contributed by atoms with Gasteiger partial charge >= 0.3 is 5.97 Å². The molecule has 0 saturated carbocycles. The zero-order chi connectivity index (χ0) is 9.26. The summed E-state index contributed by atoms with van der Waals surface area (Å²) in [6.45, 7) is 0. The predicted octanol–water partition coefficient (Wildman–Crippen LogP) is 1.01. The number of fused-ring (bicyclic) bond motifs is 1. The molecule has 0 N–H and O–H groups in total. The van der Waals surface area contributed by atoms with Gasteiger partial charge in [0.05, 0.1) is 7.11 Å². The lowest BCUT2D eigenvalue weighted by atomic mass is 10.3. The first-order chi connectivity index (χ1) is 6.33. The number of rotatable bonds is 1. The molecule has 0 aliphatic heterocycles. The highest BCUT2D eigenvalue weighted by molar-refractivity contribution is 5.98. The van der Waals surface area contributed by atoms with Crippen molar-refractivity contribution in [2.24, 2.45) is 0 Å². The maximum absolute atomic E-state index is 11.1. The van der Waals surface area contributed by atoms with Gasteiger partial charge in [0, 0.05) is 6.20 Å². The summed E-state index contributed by atoms with van der Waals surface area (Å²) in [5.41, 5.74) is 0.970. The van der Waals surface area contributed by atoms with Gasteiger partial charge in [0.1, 0.15) is 11.0 Å². The molecule has 0 saturated heterocycles. The number of aromatic nitrogens is 2. The number of pyridine rings is 1. The molecule has 0 radical (unpaired) electrons. The van der Waals surface area contributed by atoms with Crippen LogP contribution in [0.1, 0.15) is 10.6 Å². The molecule has 2 aromatic rings. The van der Waals surface area contributed by atoms with Crippen molar-refractivity contribution in [3.8, 4) is 0 Å². The van der Waals surface area contributed by atoms with Crippen LogP contribution in [0.5, 0.6) is 0 Å². The molecule has 0 aliphatic carbocycles. The molecule has 5 heteroatoms. The van der Waals surface area contributed by atoms with E-state index in [0.717, 1.165) is 0 Å². The van der Waals surface area contributed by atoms with Crippen LogP contribution < -0.4 is 0 Å². The summed E-state index contributed by atoms with van der Waals surface area (Å²) >= 11 is 0. The summed E-state index contributed by atoms with van der Waals surface area (Å²) in [6, 6.07) is 3.42. The van der Waals surface area contributed by atoms with Crippen molar-refractivity contribution in [3.05, 3.63) is 24.1 Å². The summed E-state index contributed by atoms with van der Waals surface area (Å²) < 4.78 is 9.27. The van der Waals surface area contributed by atoms with Gasteiger partial charge in [-0.1, -0.05) is 5.16 Å². The lowest BCUT2D eigenvalue weighted by molar-refractivity contribution is 0.0557. The van der Waals surface area contributed by atoms with Crippen LogP contribution >= 0.6 is 0 Å². The standard InChI is InChI=1S/C8H6N2O3/c1-12-8(11)7-6-5(10-13-7)3-2-4-9-6/h2-4H,1H3. The molecule has 0 fully saturated rings. The predicted molar refractivity (Wildman–Crippen MR) is 43.1 cm³/mol. The third kappa shape index (κ3) is 1.14. The second-order valence-corrected chi connectivity index (χ2v) is 2.37. The first-order valence-corrected chi connectivity index (χ1v) is 3.61. The van der Waals surface area contributed by atoms with Crippen LogP contribution in [0.4, 0.5) is 0 Å². The van der Waals surface area contributed by atoms with E-state index in [4.69, 9.17) is 4.52 Å². The van der Waals surface area contributed by atoms with E-state index >= 15 is 0 Å². The van der Waals surface area contributed by atoms with Gasteiger partial charge in [-0.15, -0.1) is 0 Å². The highest BCUT2D eigenvalue weighted by Gasteiger charge is 2.17. The lowest BCUT2D eigenvalue weighted by Crippen LogP contribution is -1.99. The number of hydrogen-bond acceptors (Lipinski definition) is 5. The van der Waals surface area contributed by atoms with E-state index in [1.807, 2.05) is 0 Å². The summed E-state index contributed by atoms with van der Waals surface area (Å²) in [4.78, 5) is 15.0. The Kier molecular flexibility index (Phi) is 1.70. The van der Waals surface area contributed by atoms with Crippen LogP contribution in [0.2, 0.25) is 0 Å². The van der Waals surface area contributed by atoms with Crippen molar-refractivity contribution >= 4 is 17.0 Å². The molecule has 0 aromatic carbocycles. The van der Waals surface area contributed by atoms with Gasteiger partial charge in [-0.25, -0.2) is 4.79 Å². The zero-order valence-electron chi connectivity index (χ0n) is 6.85. The Balaban J connectivity index is 2.64. The average molecular weight is 178 g/mol. The fourth-order valence-electron chi connectivity index (χ4n) is 1.01. The van der Waals surface area contributed by atoms with Crippen molar-refractivity contribution < 1.29 is 14.1 Å². The van der Waals surface area contributed by atoms with E-state index < -0.39 is 5.97 Å². The SMILES string of the molecule is COC(=O)c1onc2cccnc12. The van der Waals surface area contributed by atoms with Crippen molar-refractivity contribution in [2.45, 2.75) is 0 Å². The molecular weight excluding hydrogens is 172 g/mol. The Morgan fingerprint density at radius 3 is 3.23 bits per heavy atom. The molecule has 0 aliphatic rings. The molecule has 0 bridgehead atoms. The maximum Gasteiger partial charge on any atom is 0.379 e. The Morgan fingerprint density at radius 1 is 1.62 bits per heavy atom. The lowest BCUT2D eigenvalue weighted by Gasteiger charge is -1.91. The largest absolute Gasteiger partial charge is 0.463 e. The van der Waals surface area contributed by atoms with Gasteiger partial charge in [0.25, 0.3) is 5.76 Å². The van der Waals surface area contributed by atoms with E-state index in [-0.39, 0.29) is 5.76 Å². The minimum absolute atomic E-state index is 0.0399. The molecule has 0 spiro atoms. The molecular formula is C8H6N2O3. The van der Waals surface area contributed by atoms with Crippen LogP contribution in [0, 0.1) is 0 Å². The monoisotopic (exact) mass is 178 g/mol. The van der Waals surface area contributed by atoms with Crippen molar-refractivity contribution in [1.29, 1.82) is 0 Å². The third-order valence-electron chi connectivity index (χ3n) is 1.61. The second-order valence-electron chi connectivity index (χ2n) is 2.37. The summed E-state index contributed by atoms with van der Waals surface area (Å²) in [7, 11) is 1.28. The molecule has 13 heavy (non-hydrogen) atoms. The first kappa shape index (κ1) is 7.72. The topological polar surface area (TPSA) is 65.2 Å². The van der Waals surface area contributed by atoms with Gasteiger partial charge in [-0.3, -0.25) is 4.98 Å². The average Bonchev–Trinajstić information content (AvgIpc) is 2.60. The van der Waals surface area contributed by atoms with Crippen molar-refractivity contribution in [2.75, 3.05) is 7.11 Å². The molecule has 0 atom stereocenters. The number of nitrogens with zero attached hydrogens (tertiary/aromatic N) is 2. The first-order valence-electron chi connectivity index (χ1n) is 3.61. The van der Waals surface area contributed by atoms with Crippen LogP contribution in [0.3, 0.4) is 0 Å². The van der Waals surface area contributed by atoms with Gasteiger partial charge in [0.15, 0.2) is 0 Å². The van der Waals surface area contributed by atoms with Crippen LogP contribution in [-0.2, 0) is 4.74 Å². The highest BCUT2D eigenvalue weighted by Crippen LogP contribution is 2.15. The molecule has 0 unspecified atom stereocenters. The zero-order valence-corrected chi connectivity index (χ0v) is 6.85. The second kappa shape index (κ2) is 2.85. The summed E-state index contributed by atoms with van der Waals surface area (Å²) in [5, 5.41) is 3.65. The number of ether oxygens (including phenoxy) is 1. The van der Waals surface area contributed by atoms with Gasteiger partial charge < -0.3 is 9.26 Å². The number of methoxy groups -OCH3 is 1. The summed E-state index contributed by atoms with van der Waals surface area (Å²) in [6.07, 6.45) is 1.56. The minimum atomic E-state index is -0.568. The van der Waals surface area contributed by atoms with Gasteiger partial charge in [-0.05, 0) is 12.1 Å². The van der Waals surface area contributed by atoms with Gasteiger partial charge in [0.2, 0.25) is 0 Å². The molecule has 0 amide bonds. The number of carbonyl (C=O) groups excluding carboxylic acids is 1. The van der Waals surface area contributed by atoms with E-state index in [1.165, 1.54) is 7.11 Å². The minimum Gasteiger partial charge on any atom is -0.463 e. The maximum atomic E-state index is 11.1. The fraction of sp³-hybridized carbons (Fsp3) is 0.125. The van der Waals surface area contributed by atoms with Gasteiger partial charge in [-0.2, -0.15) is 0 Å². The highest BCUT2D eigenvalue weighted by atomic mass is 16.5. The quantitative estimate of drug-likeness (QED) is 0.609. The molecule has 2 aromatic heterocycles. The van der Waals surface area contributed by atoms with Crippen LogP contribution in [0.25, 0.3) is 11.0 Å². The number of esters is 1. The molecule has 5 nitrogen and oxygen atoms in total. The Hall–Kier alpha value is -1.91. The fourth-order valence-corrected chi connectivity index (χ4v) is 1.01. The van der Waals surface area contributed by atoms with Crippen LogP contribution in [-0.4, -0.2) is 23.2 Å². The van der Waals surface area contributed by atoms with Crippen LogP contribution in [0.15, 0.2) is 22.9 Å². The smallest absolute Gasteiger partial charge is 0.379 e. The van der Waals surface area contributed by atoms with E-state index in [9.17, 15) is 4.79 Å². The van der Waals surface area contributed by atoms with Crippen molar-refractivity contribution in [1.82, 2.24) is 10.1 Å².